The lowest BCUT2D eigenvalue weighted by molar-refractivity contribution is -0.123. The SMILES string of the molecule is C#CCOc1c(I)cc(/C=C2\SC(=O)N(Cc3ccc(C)cc3)C2=O)cc1OCC. The van der Waals surface area contributed by atoms with Gasteiger partial charge in [0.15, 0.2) is 11.5 Å². The Labute approximate surface area is 194 Å². The minimum Gasteiger partial charge on any atom is -0.490 e. The van der Waals surface area contributed by atoms with Gasteiger partial charge in [0.05, 0.1) is 21.6 Å². The van der Waals surface area contributed by atoms with E-state index in [1.54, 1.807) is 12.1 Å². The van der Waals surface area contributed by atoms with Crippen molar-refractivity contribution in [3.05, 3.63) is 61.6 Å². The van der Waals surface area contributed by atoms with Gasteiger partial charge in [0.1, 0.15) is 6.61 Å². The van der Waals surface area contributed by atoms with Gasteiger partial charge < -0.3 is 9.47 Å². The van der Waals surface area contributed by atoms with Crippen LogP contribution in [-0.4, -0.2) is 29.3 Å². The fourth-order valence-electron chi connectivity index (χ4n) is 2.85. The molecule has 1 aliphatic rings. The lowest BCUT2D eigenvalue weighted by Crippen LogP contribution is -2.27. The second kappa shape index (κ2) is 10.0. The Hall–Kier alpha value is -2.44. The summed E-state index contributed by atoms with van der Waals surface area (Å²) in [4.78, 5) is 26.9. The Bertz CT molecular complexity index is 1040. The fraction of sp³-hybridized carbons (Fsp3) is 0.217. The molecule has 1 heterocycles. The van der Waals surface area contributed by atoms with Gasteiger partial charge in [-0.05, 0) is 77.5 Å². The van der Waals surface area contributed by atoms with Crippen molar-refractivity contribution in [2.75, 3.05) is 13.2 Å². The number of carbonyl (C=O) groups is 2. The number of hydrogen-bond acceptors (Lipinski definition) is 5. The number of thioether (sulfide) groups is 1. The van der Waals surface area contributed by atoms with Gasteiger partial charge >= 0.3 is 0 Å². The van der Waals surface area contributed by atoms with E-state index < -0.39 is 0 Å². The summed E-state index contributed by atoms with van der Waals surface area (Å²) in [7, 11) is 0. The number of aryl methyl sites for hydroxylation is 1. The van der Waals surface area contributed by atoms with E-state index in [1.807, 2.05) is 44.2 Å². The molecule has 1 fully saturated rings. The van der Waals surface area contributed by atoms with Crippen molar-refractivity contribution in [3.63, 3.8) is 0 Å². The number of hydrogen-bond donors (Lipinski definition) is 0. The summed E-state index contributed by atoms with van der Waals surface area (Å²) in [5, 5.41) is -0.277. The van der Waals surface area contributed by atoms with Crippen LogP contribution in [0.1, 0.15) is 23.6 Å². The first-order valence-corrected chi connectivity index (χ1v) is 11.2. The summed E-state index contributed by atoms with van der Waals surface area (Å²) in [6.07, 6.45) is 6.99. The van der Waals surface area contributed by atoms with Crippen LogP contribution in [0, 0.1) is 22.8 Å². The van der Waals surface area contributed by atoms with Gasteiger partial charge in [-0.15, -0.1) is 6.42 Å². The summed E-state index contributed by atoms with van der Waals surface area (Å²) >= 11 is 3.08. The first-order chi connectivity index (χ1) is 14.4. The van der Waals surface area contributed by atoms with E-state index in [9.17, 15) is 9.59 Å². The van der Waals surface area contributed by atoms with Crippen molar-refractivity contribution in [1.82, 2.24) is 4.90 Å². The molecule has 2 aromatic rings. The summed E-state index contributed by atoms with van der Waals surface area (Å²) in [6.45, 7) is 4.71. The van der Waals surface area contributed by atoms with E-state index in [0.717, 1.165) is 32.0 Å². The van der Waals surface area contributed by atoms with Gasteiger partial charge in [-0.1, -0.05) is 35.7 Å². The summed E-state index contributed by atoms with van der Waals surface area (Å²) < 4.78 is 12.1. The maximum atomic E-state index is 12.8. The number of amides is 2. The van der Waals surface area contributed by atoms with E-state index in [2.05, 4.69) is 28.5 Å². The summed E-state index contributed by atoms with van der Waals surface area (Å²) in [5.41, 5.74) is 2.78. The van der Waals surface area contributed by atoms with E-state index in [0.29, 0.717) is 23.0 Å². The highest BCUT2D eigenvalue weighted by Crippen LogP contribution is 2.37. The molecule has 1 saturated heterocycles. The topological polar surface area (TPSA) is 55.8 Å². The Morgan fingerprint density at radius 2 is 1.93 bits per heavy atom. The summed E-state index contributed by atoms with van der Waals surface area (Å²) in [5.74, 6) is 3.26. The maximum absolute atomic E-state index is 12.8. The Balaban J connectivity index is 1.85. The van der Waals surface area contributed by atoms with E-state index in [4.69, 9.17) is 15.9 Å². The van der Waals surface area contributed by atoms with Gasteiger partial charge in [0, 0.05) is 0 Å². The van der Waals surface area contributed by atoms with Crippen molar-refractivity contribution >= 4 is 51.6 Å². The highest BCUT2D eigenvalue weighted by atomic mass is 127. The predicted octanol–water partition coefficient (Wildman–Crippen LogP) is 5.25. The number of nitrogens with zero attached hydrogens (tertiary/aromatic N) is 1. The van der Waals surface area contributed by atoms with Crippen LogP contribution in [-0.2, 0) is 11.3 Å². The zero-order chi connectivity index (χ0) is 21.7. The largest absolute Gasteiger partial charge is 0.490 e. The number of halogens is 1. The number of carbonyl (C=O) groups excluding carboxylic acids is 2. The molecule has 2 amide bonds. The molecule has 154 valence electrons. The van der Waals surface area contributed by atoms with Crippen LogP contribution < -0.4 is 9.47 Å². The van der Waals surface area contributed by atoms with Crippen LogP contribution in [0.4, 0.5) is 4.79 Å². The molecule has 0 spiro atoms. The number of imide groups is 1. The molecule has 0 aliphatic carbocycles. The van der Waals surface area contributed by atoms with Crippen LogP contribution in [0.3, 0.4) is 0 Å². The van der Waals surface area contributed by atoms with Gasteiger partial charge in [-0.25, -0.2) is 0 Å². The molecular weight excluding hydrogens is 513 g/mol. The van der Waals surface area contributed by atoms with E-state index in [1.165, 1.54) is 4.90 Å². The molecular formula is C23H20INO4S. The van der Waals surface area contributed by atoms with Gasteiger partial charge in [-0.3, -0.25) is 14.5 Å². The number of rotatable bonds is 7. The lowest BCUT2D eigenvalue weighted by atomic mass is 10.1. The summed E-state index contributed by atoms with van der Waals surface area (Å²) in [6, 6.07) is 11.4. The number of benzene rings is 2. The predicted molar refractivity (Wildman–Crippen MR) is 127 cm³/mol. The third-order valence-corrected chi connectivity index (χ3v) is 5.97. The Morgan fingerprint density at radius 1 is 1.20 bits per heavy atom. The molecule has 0 saturated carbocycles. The molecule has 2 aromatic carbocycles. The van der Waals surface area contributed by atoms with Crippen molar-refractivity contribution < 1.29 is 19.1 Å². The van der Waals surface area contributed by atoms with Crippen molar-refractivity contribution in [1.29, 1.82) is 0 Å². The van der Waals surface area contributed by atoms with Gasteiger partial charge in [0.2, 0.25) is 0 Å². The first-order valence-electron chi connectivity index (χ1n) is 9.26. The van der Waals surface area contributed by atoms with Gasteiger partial charge in [0.25, 0.3) is 11.1 Å². The molecule has 5 nitrogen and oxygen atoms in total. The average molecular weight is 533 g/mol. The second-order valence-corrected chi connectivity index (χ2v) is 8.66. The van der Waals surface area contributed by atoms with E-state index in [-0.39, 0.29) is 24.3 Å². The Kier molecular flexibility index (Phi) is 7.45. The molecule has 0 atom stereocenters. The zero-order valence-electron chi connectivity index (χ0n) is 16.6. The van der Waals surface area contributed by atoms with Crippen LogP contribution in [0.15, 0.2) is 41.3 Å². The fourth-order valence-corrected chi connectivity index (χ4v) is 4.47. The van der Waals surface area contributed by atoms with Crippen LogP contribution in [0.5, 0.6) is 11.5 Å². The second-order valence-electron chi connectivity index (χ2n) is 6.51. The number of ether oxygens (including phenoxy) is 2. The molecule has 1 aliphatic heterocycles. The average Bonchev–Trinajstić information content (AvgIpc) is 2.96. The minimum absolute atomic E-state index is 0.132. The van der Waals surface area contributed by atoms with Crippen LogP contribution in [0.2, 0.25) is 0 Å². The molecule has 0 unspecified atom stereocenters. The lowest BCUT2D eigenvalue weighted by Gasteiger charge is -2.14. The van der Waals surface area contributed by atoms with Crippen molar-refractivity contribution in [2.45, 2.75) is 20.4 Å². The van der Waals surface area contributed by atoms with Crippen molar-refractivity contribution in [3.8, 4) is 23.8 Å². The minimum atomic E-state index is -0.300. The van der Waals surface area contributed by atoms with Crippen molar-refractivity contribution in [2.24, 2.45) is 0 Å². The van der Waals surface area contributed by atoms with E-state index >= 15 is 0 Å². The number of terminal acetylenes is 1. The third-order valence-electron chi connectivity index (χ3n) is 4.26. The van der Waals surface area contributed by atoms with Gasteiger partial charge in [-0.2, -0.15) is 0 Å². The van der Waals surface area contributed by atoms with Crippen LogP contribution in [0.25, 0.3) is 6.08 Å². The first kappa shape index (κ1) is 22.2. The molecule has 3 rings (SSSR count). The normalized spacial score (nSPS) is 14.9. The molecule has 7 heteroatoms. The monoisotopic (exact) mass is 533 g/mol. The highest BCUT2D eigenvalue weighted by Gasteiger charge is 2.35. The third kappa shape index (κ3) is 5.18. The highest BCUT2D eigenvalue weighted by molar-refractivity contribution is 14.1. The molecule has 0 bridgehead atoms. The standard InChI is InChI=1S/C23H20INO4S/c1-4-10-29-21-18(24)11-17(12-19(21)28-5-2)13-20-22(26)25(23(27)30-20)14-16-8-6-15(3)7-9-16/h1,6-9,11-13H,5,10,14H2,2-3H3/b20-13-. The van der Waals surface area contributed by atoms with Crippen LogP contribution >= 0.6 is 34.4 Å². The zero-order valence-corrected chi connectivity index (χ0v) is 19.6. The quantitative estimate of drug-likeness (QED) is 0.277. The molecule has 0 aromatic heterocycles. The maximum Gasteiger partial charge on any atom is 0.293 e. The molecule has 0 N–H and O–H groups in total. The Morgan fingerprint density at radius 3 is 2.60 bits per heavy atom. The smallest absolute Gasteiger partial charge is 0.293 e. The molecule has 30 heavy (non-hydrogen) atoms. The molecule has 0 radical (unpaired) electrons.